The van der Waals surface area contributed by atoms with Crippen LogP contribution in [0.15, 0.2) is 24.4 Å². The molecule has 1 aliphatic heterocycles. The summed E-state index contributed by atoms with van der Waals surface area (Å²) < 4.78 is 0. The van der Waals surface area contributed by atoms with Gasteiger partial charge in [-0.1, -0.05) is 6.07 Å². The number of aryl methyl sites for hydroxylation is 2. The first-order valence-corrected chi connectivity index (χ1v) is 9.18. The van der Waals surface area contributed by atoms with Crippen molar-refractivity contribution in [2.75, 3.05) is 5.75 Å². The molecule has 2 aliphatic rings. The first kappa shape index (κ1) is 12.9. The Morgan fingerprint density at radius 1 is 1.30 bits per heavy atom. The van der Waals surface area contributed by atoms with Gasteiger partial charge in [0.05, 0.1) is 0 Å². The second-order valence-electron chi connectivity index (χ2n) is 5.62. The van der Waals surface area contributed by atoms with Crippen molar-refractivity contribution in [3.63, 3.8) is 0 Å². The van der Waals surface area contributed by atoms with Crippen LogP contribution in [-0.4, -0.2) is 10.7 Å². The normalized spacial score (nSPS) is 22.4. The van der Waals surface area contributed by atoms with Gasteiger partial charge in [0.25, 0.3) is 0 Å². The van der Waals surface area contributed by atoms with E-state index in [0.717, 1.165) is 18.6 Å². The van der Waals surface area contributed by atoms with Crippen molar-refractivity contribution in [1.29, 1.82) is 0 Å². The average Bonchev–Trinajstić information content (AvgIpc) is 3.10. The number of nitrogens with two attached hydrogens (primary N) is 1. The number of fused-ring (bicyclic) bond motifs is 2. The van der Waals surface area contributed by atoms with Crippen molar-refractivity contribution in [2.45, 2.75) is 37.0 Å². The van der Waals surface area contributed by atoms with Gasteiger partial charge in [-0.3, -0.25) is 4.98 Å². The van der Waals surface area contributed by atoms with E-state index in [2.05, 4.69) is 17.1 Å². The molecular weight excluding hydrogens is 284 g/mol. The Labute approximate surface area is 127 Å². The van der Waals surface area contributed by atoms with Crippen LogP contribution in [0.4, 0.5) is 0 Å². The van der Waals surface area contributed by atoms with E-state index >= 15 is 0 Å². The summed E-state index contributed by atoms with van der Waals surface area (Å²) in [6, 6.07) is 6.71. The Morgan fingerprint density at radius 3 is 3.15 bits per heavy atom. The summed E-state index contributed by atoms with van der Waals surface area (Å²) in [6.07, 6.45) is 5.39. The monoisotopic (exact) mass is 302 g/mol. The zero-order valence-corrected chi connectivity index (χ0v) is 13.0. The predicted octanol–water partition coefficient (Wildman–Crippen LogP) is 3.66. The van der Waals surface area contributed by atoms with E-state index in [1.807, 2.05) is 35.4 Å². The van der Waals surface area contributed by atoms with Crippen molar-refractivity contribution < 1.29 is 0 Å². The zero-order valence-electron chi connectivity index (χ0n) is 11.3. The van der Waals surface area contributed by atoms with E-state index in [1.165, 1.54) is 33.9 Å². The number of hydrogen-bond acceptors (Lipinski definition) is 4. The first-order chi connectivity index (χ1) is 9.83. The smallest absolute Gasteiger partial charge is 0.0485 e. The number of pyridine rings is 1. The molecule has 1 aliphatic carbocycles. The van der Waals surface area contributed by atoms with Gasteiger partial charge in [0.15, 0.2) is 0 Å². The van der Waals surface area contributed by atoms with Crippen LogP contribution < -0.4 is 5.73 Å². The van der Waals surface area contributed by atoms with Crippen molar-refractivity contribution in [2.24, 2.45) is 5.73 Å². The lowest BCUT2D eigenvalue weighted by molar-refractivity contribution is 0.548. The Morgan fingerprint density at radius 2 is 2.25 bits per heavy atom. The Hall–Kier alpha value is -0.840. The van der Waals surface area contributed by atoms with Crippen LogP contribution in [0.2, 0.25) is 0 Å². The highest BCUT2D eigenvalue weighted by molar-refractivity contribution is 7.98. The van der Waals surface area contributed by atoms with Gasteiger partial charge in [0, 0.05) is 39.4 Å². The molecule has 2 aromatic rings. The summed E-state index contributed by atoms with van der Waals surface area (Å²) in [7, 11) is 0. The van der Waals surface area contributed by atoms with E-state index in [-0.39, 0.29) is 6.04 Å². The largest absolute Gasteiger partial charge is 0.323 e. The molecular formula is C16H18N2S2. The Kier molecular flexibility index (Phi) is 3.33. The molecule has 2 aromatic heterocycles. The minimum absolute atomic E-state index is 0.117. The highest BCUT2D eigenvalue weighted by atomic mass is 32.2. The van der Waals surface area contributed by atoms with E-state index in [9.17, 15) is 0 Å². The zero-order chi connectivity index (χ0) is 13.5. The van der Waals surface area contributed by atoms with E-state index in [0.29, 0.717) is 5.92 Å². The molecule has 0 saturated carbocycles. The molecule has 0 amide bonds. The van der Waals surface area contributed by atoms with Crippen LogP contribution in [0.25, 0.3) is 0 Å². The molecule has 0 fully saturated rings. The fraction of sp³-hybridized carbons (Fsp3) is 0.438. The molecule has 4 rings (SSSR count). The fourth-order valence-electron chi connectivity index (χ4n) is 3.33. The van der Waals surface area contributed by atoms with Gasteiger partial charge in [-0.05, 0) is 48.3 Å². The lowest BCUT2D eigenvalue weighted by Crippen LogP contribution is -2.17. The topological polar surface area (TPSA) is 38.9 Å². The number of nitrogens with zero attached hydrogens (tertiary/aromatic N) is 1. The van der Waals surface area contributed by atoms with E-state index < -0.39 is 0 Å². The highest BCUT2D eigenvalue weighted by Crippen LogP contribution is 2.43. The van der Waals surface area contributed by atoms with Gasteiger partial charge in [0.2, 0.25) is 0 Å². The summed E-state index contributed by atoms with van der Waals surface area (Å²) in [5.41, 5.74) is 10.7. The second-order valence-corrected chi connectivity index (χ2v) is 7.89. The maximum atomic E-state index is 6.59. The van der Waals surface area contributed by atoms with Crippen molar-refractivity contribution in [1.82, 2.24) is 4.98 Å². The number of rotatable bonds is 2. The molecule has 0 bridgehead atoms. The third-order valence-corrected chi connectivity index (χ3v) is 6.76. The molecule has 0 saturated heterocycles. The minimum Gasteiger partial charge on any atom is -0.323 e. The van der Waals surface area contributed by atoms with Gasteiger partial charge < -0.3 is 5.73 Å². The molecule has 20 heavy (non-hydrogen) atoms. The third-order valence-electron chi connectivity index (χ3n) is 4.41. The molecule has 2 N–H and O–H groups in total. The van der Waals surface area contributed by atoms with Crippen molar-refractivity contribution in [3.05, 3.63) is 51.0 Å². The summed E-state index contributed by atoms with van der Waals surface area (Å²) in [6.45, 7) is 0. The number of thioether (sulfide) groups is 1. The quantitative estimate of drug-likeness (QED) is 0.920. The molecule has 0 spiro atoms. The molecule has 3 heterocycles. The van der Waals surface area contributed by atoms with Crippen LogP contribution in [0, 0.1) is 0 Å². The summed E-state index contributed by atoms with van der Waals surface area (Å²) >= 11 is 3.98. The standard InChI is InChI=1S/C16H18N2S2/c17-15(12-4-3-10-2-1-6-18-16(10)12)14-8-11-9-19-7-5-13(11)20-14/h1-2,6,8,12,15H,3-5,7,9,17H2. The van der Waals surface area contributed by atoms with Crippen LogP contribution in [-0.2, 0) is 18.6 Å². The van der Waals surface area contributed by atoms with Gasteiger partial charge in [-0.25, -0.2) is 0 Å². The number of hydrogen-bond donors (Lipinski definition) is 1. The number of aromatic nitrogens is 1. The summed E-state index contributed by atoms with van der Waals surface area (Å²) in [5.74, 6) is 2.83. The lowest BCUT2D eigenvalue weighted by Gasteiger charge is -2.18. The minimum atomic E-state index is 0.117. The maximum Gasteiger partial charge on any atom is 0.0485 e. The molecule has 104 valence electrons. The van der Waals surface area contributed by atoms with Gasteiger partial charge in [-0.15, -0.1) is 11.3 Å². The van der Waals surface area contributed by atoms with Crippen molar-refractivity contribution >= 4 is 23.1 Å². The Bertz CT molecular complexity index is 612. The Balaban J connectivity index is 1.65. The van der Waals surface area contributed by atoms with Gasteiger partial charge in [-0.2, -0.15) is 11.8 Å². The molecule has 4 heteroatoms. The van der Waals surface area contributed by atoms with Crippen LogP contribution in [0.5, 0.6) is 0 Å². The number of thiophene rings is 1. The van der Waals surface area contributed by atoms with Gasteiger partial charge in [0.1, 0.15) is 0 Å². The highest BCUT2D eigenvalue weighted by Gasteiger charge is 2.31. The lowest BCUT2D eigenvalue weighted by atomic mass is 9.96. The molecule has 2 nitrogen and oxygen atoms in total. The molecule has 2 atom stereocenters. The summed E-state index contributed by atoms with van der Waals surface area (Å²) in [5, 5.41) is 0. The molecule has 2 unspecified atom stereocenters. The van der Waals surface area contributed by atoms with Crippen LogP contribution in [0.3, 0.4) is 0 Å². The van der Waals surface area contributed by atoms with E-state index in [1.54, 1.807) is 4.88 Å². The third kappa shape index (κ3) is 2.10. The first-order valence-electron chi connectivity index (χ1n) is 7.21. The van der Waals surface area contributed by atoms with Crippen molar-refractivity contribution in [3.8, 4) is 0 Å². The average molecular weight is 302 g/mol. The van der Waals surface area contributed by atoms with E-state index in [4.69, 9.17) is 5.73 Å². The second kappa shape index (κ2) is 5.17. The van der Waals surface area contributed by atoms with Crippen LogP contribution >= 0.6 is 23.1 Å². The van der Waals surface area contributed by atoms with Crippen LogP contribution in [0.1, 0.15) is 45.0 Å². The van der Waals surface area contributed by atoms with Gasteiger partial charge >= 0.3 is 0 Å². The predicted molar refractivity (Wildman–Crippen MR) is 86.4 cm³/mol. The maximum absolute atomic E-state index is 6.59. The SMILES string of the molecule is NC(c1cc2c(s1)CCSC2)C1CCc2cccnc21. The fourth-order valence-corrected chi connectivity index (χ4v) is 5.77. The molecule has 0 radical (unpaired) electrons. The molecule has 0 aromatic carbocycles. The summed E-state index contributed by atoms with van der Waals surface area (Å²) in [4.78, 5) is 7.52.